The Morgan fingerprint density at radius 1 is 1.16 bits per heavy atom. The Hall–Kier alpha value is -2.63. The minimum atomic E-state index is -0.649. The lowest BCUT2D eigenvalue weighted by molar-refractivity contribution is 0.307. The van der Waals surface area contributed by atoms with Crippen LogP contribution in [0.1, 0.15) is 16.0 Å². The fourth-order valence-electron chi connectivity index (χ4n) is 2.57. The molecule has 0 aliphatic carbocycles. The van der Waals surface area contributed by atoms with Gasteiger partial charge in [-0.05, 0) is 41.3 Å². The van der Waals surface area contributed by atoms with Crippen LogP contribution >= 0.6 is 46.1 Å². The van der Waals surface area contributed by atoms with Gasteiger partial charge in [0.1, 0.15) is 10.6 Å². The number of benzene rings is 2. The SMILES string of the molecule is C=N/N=C(\OCCc1ccc(Cl)c(Oc2cc(Cl)cc(C#N)c2)c1F)c1sccc1Cl. The van der Waals surface area contributed by atoms with Gasteiger partial charge in [-0.2, -0.15) is 10.4 Å². The van der Waals surface area contributed by atoms with Gasteiger partial charge in [-0.15, -0.1) is 16.4 Å². The molecular weight excluding hydrogens is 484 g/mol. The molecule has 5 nitrogen and oxygen atoms in total. The number of thiophene rings is 1. The van der Waals surface area contributed by atoms with Crippen LogP contribution in [0.4, 0.5) is 4.39 Å². The van der Waals surface area contributed by atoms with Gasteiger partial charge in [0, 0.05) is 18.2 Å². The van der Waals surface area contributed by atoms with Crippen LogP contribution in [0.3, 0.4) is 0 Å². The molecule has 0 aliphatic rings. The van der Waals surface area contributed by atoms with Crippen molar-refractivity contribution in [3.63, 3.8) is 0 Å². The minimum Gasteiger partial charge on any atom is -0.475 e. The molecule has 3 rings (SSSR count). The van der Waals surface area contributed by atoms with Gasteiger partial charge in [0.2, 0.25) is 0 Å². The van der Waals surface area contributed by atoms with E-state index in [4.69, 9.17) is 49.5 Å². The van der Waals surface area contributed by atoms with E-state index < -0.39 is 5.82 Å². The normalized spacial score (nSPS) is 11.1. The molecule has 0 fully saturated rings. The van der Waals surface area contributed by atoms with Crippen molar-refractivity contribution in [1.29, 1.82) is 5.26 Å². The van der Waals surface area contributed by atoms with Crippen molar-refractivity contribution < 1.29 is 13.9 Å². The Bertz CT molecular complexity index is 1190. The second kappa shape index (κ2) is 10.6. The van der Waals surface area contributed by atoms with E-state index in [9.17, 15) is 0 Å². The van der Waals surface area contributed by atoms with E-state index in [1.54, 1.807) is 11.4 Å². The van der Waals surface area contributed by atoms with Crippen molar-refractivity contribution in [2.45, 2.75) is 6.42 Å². The fraction of sp³-hybridized carbons (Fsp3) is 0.0952. The Morgan fingerprint density at radius 3 is 2.65 bits per heavy atom. The molecular formula is C21H13Cl3FN3O2S. The van der Waals surface area contributed by atoms with Crippen molar-refractivity contribution in [1.82, 2.24) is 0 Å². The number of hydrogen-bond donors (Lipinski definition) is 0. The van der Waals surface area contributed by atoms with Gasteiger partial charge in [-0.3, -0.25) is 0 Å². The van der Waals surface area contributed by atoms with Crippen molar-refractivity contribution in [3.8, 4) is 17.6 Å². The molecule has 0 radical (unpaired) electrons. The van der Waals surface area contributed by atoms with Gasteiger partial charge < -0.3 is 9.47 Å². The molecule has 10 heteroatoms. The van der Waals surface area contributed by atoms with E-state index in [1.807, 2.05) is 6.07 Å². The predicted molar refractivity (Wildman–Crippen MR) is 123 cm³/mol. The molecule has 1 heterocycles. The molecule has 31 heavy (non-hydrogen) atoms. The standard InChI is InChI=1S/C21H13Cl3FN3O2S/c1-27-28-21(20-17(24)5-7-31-20)29-6-4-13-2-3-16(23)19(18(13)25)30-15-9-12(11-26)8-14(22)10-15/h2-3,5,7-10H,1,4,6H2/b28-21-. The maximum Gasteiger partial charge on any atom is 0.252 e. The molecule has 1 aromatic heterocycles. The average molecular weight is 497 g/mol. The minimum absolute atomic E-state index is 0.0733. The van der Waals surface area contributed by atoms with Crippen LogP contribution in [-0.2, 0) is 11.2 Å². The average Bonchev–Trinajstić information content (AvgIpc) is 3.17. The summed E-state index contributed by atoms with van der Waals surface area (Å²) < 4.78 is 26.3. The molecule has 0 amide bonds. The second-order valence-corrected chi connectivity index (χ2v) is 8.15. The van der Waals surface area contributed by atoms with Crippen molar-refractivity contribution >= 4 is 58.8 Å². The first-order valence-electron chi connectivity index (χ1n) is 8.68. The lowest BCUT2D eigenvalue weighted by atomic mass is 10.1. The van der Waals surface area contributed by atoms with E-state index in [1.165, 1.54) is 41.7 Å². The molecule has 0 N–H and O–H groups in total. The summed E-state index contributed by atoms with van der Waals surface area (Å²) in [5.41, 5.74) is 0.587. The summed E-state index contributed by atoms with van der Waals surface area (Å²) in [4.78, 5) is 0.601. The molecule has 0 aliphatic heterocycles. The van der Waals surface area contributed by atoms with Crippen LogP contribution < -0.4 is 4.74 Å². The van der Waals surface area contributed by atoms with Gasteiger partial charge in [0.15, 0.2) is 11.6 Å². The lowest BCUT2D eigenvalue weighted by Crippen LogP contribution is -2.09. The second-order valence-electron chi connectivity index (χ2n) is 5.98. The van der Waals surface area contributed by atoms with Crippen molar-refractivity contribution in [2.24, 2.45) is 10.2 Å². The predicted octanol–water partition coefficient (Wildman–Crippen LogP) is 7.13. The van der Waals surface area contributed by atoms with Crippen molar-refractivity contribution in [2.75, 3.05) is 6.61 Å². The first kappa shape index (κ1) is 23.0. The topological polar surface area (TPSA) is 67.0 Å². The monoisotopic (exact) mass is 495 g/mol. The number of nitriles is 1. The van der Waals surface area contributed by atoms with Gasteiger partial charge in [-0.25, -0.2) is 4.39 Å². The summed E-state index contributed by atoms with van der Waals surface area (Å²) in [5.74, 6) is -0.432. The Morgan fingerprint density at radius 2 is 1.97 bits per heavy atom. The number of hydrogen-bond acceptors (Lipinski definition) is 6. The molecule has 3 aromatic rings. The molecule has 158 valence electrons. The summed E-state index contributed by atoms with van der Waals surface area (Å²) >= 11 is 19.5. The van der Waals surface area contributed by atoms with Crippen LogP contribution in [0.15, 0.2) is 52.0 Å². The van der Waals surface area contributed by atoms with Gasteiger partial charge in [0.25, 0.3) is 5.90 Å². The summed E-state index contributed by atoms with van der Waals surface area (Å²) in [7, 11) is 0. The van der Waals surface area contributed by atoms with E-state index in [-0.39, 0.29) is 46.0 Å². The molecule has 0 saturated heterocycles. The maximum atomic E-state index is 15.1. The Kier molecular flexibility index (Phi) is 7.88. The van der Waals surface area contributed by atoms with E-state index >= 15 is 4.39 Å². The summed E-state index contributed by atoms with van der Waals surface area (Å²) in [5, 5.41) is 19.0. The third kappa shape index (κ3) is 5.75. The van der Waals surface area contributed by atoms with Crippen LogP contribution in [0.2, 0.25) is 15.1 Å². The summed E-state index contributed by atoms with van der Waals surface area (Å²) in [6.45, 7) is 3.42. The third-order valence-electron chi connectivity index (χ3n) is 3.93. The zero-order valence-corrected chi connectivity index (χ0v) is 18.8. The molecule has 0 saturated carbocycles. The van der Waals surface area contributed by atoms with Crippen LogP contribution in [-0.4, -0.2) is 19.2 Å². The third-order valence-corrected chi connectivity index (χ3v) is 5.78. The highest BCUT2D eigenvalue weighted by molar-refractivity contribution is 7.12. The highest BCUT2D eigenvalue weighted by atomic mass is 35.5. The first-order chi connectivity index (χ1) is 14.9. The number of nitrogens with zero attached hydrogens (tertiary/aromatic N) is 3. The van der Waals surface area contributed by atoms with Crippen LogP contribution in [0.5, 0.6) is 11.5 Å². The molecule has 2 aromatic carbocycles. The molecule has 0 atom stereocenters. The highest BCUT2D eigenvalue weighted by Gasteiger charge is 2.17. The molecule has 0 bridgehead atoms. The zero-order valence-electron chi connectivity index (χ0n) is 15.7. The maximum absolute atomic E-state index is 15.1. The van der Waals surface area contributed by atoms with Gasteiger partial charge in [-0.1, -0.05) is 40.9 Å². The number of ether oxygens (including phenoxy) is 2. The smallest absolute Gasteiger partial charge is 0.252 e. The largest absolute Gasteiger partial charge is 0.475 e. The Labute approximate surface area is 196 Å². The highest BCUT2D eigenvalue weighted by Crippen LogP contribution is 2.35. The number of rotatable bonds is 7. The summed E-state index contributed by atoms with van der Waals surface area (Å²) in [6.07, 6.45) is 0.192. The quantitative estimate of drug-likeness (QED) is 0.198. The lowest BCUT2D eigenvalue weighted by Gasteiger charge is -2.13. The molecule has 0 unspecified atom stereocenters. The van der Waals surface area contributed by atoms with Crippen LogP contribution in [0, 0.1) is 17.1 Å². The first-order valence-corrected chi connectivity index (χ1v) is 10.7. The van der Waals surface area contributed by atoms with Gasteiger partial charge >= 0.3 is 0 Å². The van der Waals surface area contributed by atoms with Crippen LogP contribution in [0.25, 0.3) is 0 Å². The summed E-state index contributed by atoms with van der Waals surface area (Å²) in [6, 6.07) is 11.1. The fourth-order valence-corrected chi connectivity index (χ4v) is 4.06. The van der Waals surface area contributed by atoms with Gasteiger partial charge in [0.05, 0.1) is 28.3 Å². The van der Waals surface area contributed by atoms with E-state index in [0.717, 1.165) is 0 Å². The van der Waals surface area contributed by atoms with E-state index in [0.29, 0.717) is 15.5 Å². The number of halogens is 4. The van der Waals surface area contributed by atoms with E-state index in [2.05, 4.69) is 16.9 Å². The zero-order chi connectivity index (χ0) is 22.4. The van der Waals surface area contributed by atoms with Crippen molar-refractivity contribution in [3.05, 3.63) is 78.7 Å². The Balaban J connectivity index is 1.77. The molecule has 0 spiro atoms.